The highest BCUT2D eigenvalue weighted by Crippen LogP contribution is 2.48. The van der Waals surface area contributed by atoms with Gasteiger partial charge in [0.2, 0.25) is 11.9 Å². The van der Waals surface area contributed by atoms with Gasteiger partial charge in [-0.05, 0) is 80.0 Å². The van der Waals surface area contributed by atoms with Crippen LogP contribution in [0.3, 0.4) is 0 Å². The first-order valence-corrected chi connectivity index (χ1v) is 16.0. The van der Waals surface area contributed by atoms with Crippen LogP contribution in [-0.4, -0.2) is 77.7 Å². The lowest BCUT2D eigenvalue weighted by molar-refractivity contribution is -0.154. The minimum atomic E-state index is -4.63. The molecule has 2 saturated carbocycles. The lowest BCUT2D eigenvalue weighted by atomic mass is 10.1. The first-order chi connectivity index (χ1) is 23.8. The second-order valence-electron chi connectivity index (χ2n) is 11.8. The number of methoxy groups -OCH3 is 1. The second kappa shape index (κ2) is 15.6. The Morgan fingerprint density at radius 1 is 0.940 bits per heavy atom. The standard InChI is InChI=1S/C32H34ClF3N8O6/c1-49-27(48)23(12-15-37-25(46)26(47)38-16-18-2-3-18)40-24(45)19-4-10-22(11-5-19)39-28-41-29(43-30(42-28)50-17-32(34,35)36)44-31(13-14-31)20-6-8-21(33)9-7-20/h4-11,18,23H,2-3,12-17H2,1H3,(H,37,46)(H,38,47)(H,40,45)(H2,39,41,42,43,44)/t23-/m0/s1. The molecular formula is C32H34ClF3N8O6. The average molecular weight is 719 g/mol. The van der Waals surface area contributed by atoms with Crippen molar-refractivity contribution >= 4 is 52.9 Å². The van der Waals surface area contributed by atoms with Crippen LogP contribution in [0.25, 0.3) is 0 Å². The van der Waals surface area contributed by atoms with E-state index in [0.717, 1.165) is 25.5 Å². The van der Waals surface area contributed by atoms with Gasteiger partial charge in [-0.15, -0.1) is 0 Å². The fourth-order valence-corrected chi connectivity index (χ4v) is 4.92. The number of aromatic nitrogens is 3. The number of hydrogen-bond donors (Lipinski definition) is 5. The number of esters is 1. The lowest BCUT2D eigenvalue weighted by Crippen LogP contribution is -2.45. The third-order valence-corrected chi connectivity index (χ3v) is 8.10. The normalized spacial score (nSPS) is 15.2. The van der Waals surface area contributed by atoms with Crippen LogP contribution in [0.1, 0.15) is 48.0 Å². The molecule has 50 heavy (non-hydrogen) atoms. The molecule has 3 aromatic rings. The molecule has 5 N–H and O–H groups in total. The highest BCUT2D eigenvalue weighted by molar-refractivity contribution is 6.35. The monoisotopic (exact) mass is 718 g/mol. The number of ether oxygens (including phenoxy) is 2. The number of carbonyl (C=O) groups excluding carboxylic acids is 4. The van der Waals surface area contributed by atoms with Crippen molar-refractivity contribution in [2.75, 3.05) is 37.4 Å². The summed E-state index contributed by atoms with van der Waals surface area (Å²) in [5.41, 5.74) is 0.872. The van der Waals surface area contributed by atoms with Crippen LogP contribution in [0.2, 0.25) is 5.02 Å². The summed E-state index contributed by atoms with van der Waals surface area (Å²) >= 11 is 6.02. The molecule has 3 amide bonds. The van der Waals surface area contributed by atoms with Gasteiger partial charge < -0.3 is 36.1 Å². The minimum Gasteiger partial charge on any atom is -0.467 e. The SMILES string of the molecule is COC(=O)[C@H](CCNC(=O)C(=O)NCC1CC1)NC(=O)c1ccc(Nc2nc(NC3(c4ccc(Cl)cc4)CC3)nc(OCC(F)(F)F)n2)cc1. The van der Waals surface area contributed by atoms with E-state index >= 15 is 0 Å². The maximum atomic E-state index is 13.0. The number of anilines is 3. The van der Waals surface area contributed by atoms with E-state index in [2.05, 4.69) is 41.5 Å². The molecule has 1 heterocycles. The molecule has 0 aliphatic heterocycles. The molecule has 0 bridgehead atoms. The molecule has 0 radical (unpaired) electrons. The molecule has 2 aromatic carbocycles. The van der Waals surface area contributed by atoms with E-state index in [0.29, 0.717) is 36.0 Å². The average Bonchev–Trinajstić information content (AvgIpc) is 4.03. The summed E-state index contributed by atoms with van der Waals surface area (Å²) in [6.45, 7) is -1.27. The van der Waals surface area contributed by atoms with Gasteiger partial charge in [-0.1, -0.05) is 23.7 Å². The summed E-state index contributed by atoms with van der Waals surface area (Å²) in [6, 6.07) is 11.3. The molecule has 18 heteroatoms. The Bertz CT molecular complexity index is 1700. The summed E-state index contributed by atoms with van der Waals surface area (Å²) in [5, 5.41) is 14.1. The van der Waals surface area contributed by atoms with Crippen molar-refractivity contribution in [2.45, 2.75) is 49.9 Å². The van der Waals surface area contributed by atoms with Crippen molar-refractivity contribution < 1.29 is 41.8 Å². The maximum Gasteiger partial charge on any atom is 0.422 e. The number of amides is 3. The third-order valence-electron chi connectivity index (χ3n) is 7.84. The second-order valence-corrected chi connectivity index (χ2v) is 12.3. The van der Waals surface area contributed by atoms with Crippen LogP contribution in [0.15, 0.2) is 48.5 Å². The fourth-order valence-electron chi connectivity index (χ4n) is 4.79. The Labute approximate surface area is 289 Å². The van der Waals surface area contributed by atoms with E-state index in [1.54, 1.807) is 12.1 Å². The van der Waals surface area contributed by atoms with E-state index in [-0.39, 0.29) is 30.4 Å². The quantitative estimate of drug-likeness (QED) is 0.114. The van der Waals surface area contributed by atoms with Crippen molar-refractivity contribution in [1.82, 2.24) is 30.9 Å². The minimum absolute atomic E-state index is 0.0212. The molecule has 2 aliphatic carbocycles. The molecule has 5 rings (SSSR count). The highest BCUT2D eigenvalue weighted by atomic mass is 35.5. The molecule has 2 fully saturated rings. The van der Waals surface area contributed by atoms with Gasteiger partial charge in [0.1, 0.15) is 6.04 Å². The molecule has 14 nitrogen and oxygen atoms in total. The van der Waals surface area contributed by atoms with Crippen molar-refractivity contribution in [3.63, 3.8) is 0 Å². The van der Waals surface area contributed by atoms with Crippen LogP contribution in [0, 0.1) is 5.92 Å². The van der Waals surface area contributed by atoms with Gasteiger partial charge in [-0.3, -0.25) is 14.4 Å². The first-order valence-electron chi connectivity index (χ1n) is 15.6. The summed E-state index contributed by atoms with van der Waals surface area (Å²) in [5.74, 6) is -2.76. The smallest absolute Gasteiger partial charge is 0.422 e. The summed E-state index contributed by atoms with van der Waals surface area (Å²) < 4.78 is 48.3. The van der Waals surface area contributed by atoms with Crippen molar-refractivity contribution in [3.05, 3.63) is 64.7 Å². The number of nitrogens with one attached hydrogen (secondary N) is 5. The Morgan fingerprint density at radius 2 is 1.60 bits per heavy atom. The van der Waals surface area contributed by atoms with E-state index in [1.807, 2.05) is 12.1 Å². The van der Waals surface area contributed by atoms with Gasteiger partial charge in [0.05, 0.1) is 12.6 Å². The largest absolute Gasteiger partial charge is 0.467 e. The fraction of sp³-hybridized carbons (Fsp3) is 0.406. The zero-order valence-corrected chi connectivity index (χ0v) is 27.5. The van der Waals surface area contributed by atoms with E-state index in [1.165, 1.54) is 24.3 Å². The first kappa shape index (κ1) is 36.1. The molecule has 0 saturated heterocycles. The van der Waals surface area contributed by atoms with Crippen molar-refractivity contribution in [2.24, 2.45) is 5.92 Å². The van der Waals surface area contributed by atoms with Crippen LogP contribution >= 0.6 is 11.6 Å². The third kappa shape index (κ3) is 10.4. The predicted molar refractivity (Wildman–Crippen MR) is 174 cm³/mol. The van der Waals surface area contributed by atoms with Gasteiger partial charge in [0.15, 0.2) is 6.61 Å². The number of halogens is 4. The predicted octanol–water partition coefficient (Wildman–Crippen LogP) is 3.61. The van der Waals surface area contributed by atoms with Crippen LogP contribution in [0.5, 0.6) is 6.01 Å². The van der Waals surface area contributed by atoms with Crippen LogP contribution in [-0.2, 0) is 24.7 Å². The zero-order chi connectivity index (χ0) is 35.9. The topological polar surface area (TPSA) is 186 Å². The number of alkyl halides is 3. The van der Waals surface area contributed by atoms with E-state index in [9.17, 15) is 32.3 Å². The number of rotatable bonds is 15. The number of nitrogens with zero attached hydrogens (tertiary/aromatic N) is 3. The number of hydrogen-bond acceptors (Lipinski definition) is 11. The number of carbonyl (C=O) groups is 4. The van der Waals surface area contributed by atoms with E-state index in [4.69, 9.17) is 21.1 Å². The van der Waals surface area contributed by atoms with Crippen molar-refractivity contribution in [1.29, 1.82) is 0 Å². The molecule has 0 spiro atoms. The van der Waals surface area contributed by atoms with Crippen LogP contribution < -0.4 is 31.3 Å². The summed E-state index contributed by atoms with van der Waals surface area (Å²) in [7, 11) is 1.15. The summed E-state index contributed by atoms with van der Waals surface area (Å²) in [6.07, 6.45) is -1.22. The Morgan fingerprint density at radius 3 is 2.22 bits per heavy atom. The molecule has 1 atom stereocenters. The van der Waals surface area contributed by atoms with Gasteiger partial charge >= 0.3 is 30.0 Å². The Balaban J connectivity index is 1.21. The van der Waals surface area contributed by atoms with Gasteiger partial charge in [-0.25, -0.2) is 4.79 Å². The zero-order valence-electron chi connectivity index (χ0n) is 26.7. The van der Waals surface area contributed by atoms with Gasteiger partial charge in [0.25, 0.3) is 5.91 Å². The molecular weight excluding hydrogens is 685 g/mol. The van der Waals surface area contributed by atoms with Gasteiger partial charge in [-0.2, -0.15) is 28.1 Å². The van der Waals surface area contributed by atoms with Crippen LogP contribution in [0.4, 0.5) is 30.8 Å². The molecule has 1 aromatic heterocycles. The number of benzene rings is 2. The Hall–Kier alpha value is -5.19. The van der Waals surface area contributed by atoms with Gasteiger partial charge in [0, 0.05) is 29.4 Å². The lowest BCUT2D eigenvalue weighted by Gasteiger charge is -2.19. The molecule has 0 unspecified atom stereocenters. The maximum absolute atomic E-state index is 13.0. The summed E-state index contributed by atoms with van der Waals surface area (Å²) in [4.78, 5) is 61.6. The van der Waals surface area contributed by atoms with Crippen molar-refractivity contribution in [3.8, 4) is 6.01 Å². The highest BCUT2D eigenvalue weighted by Gasteiger charge is 2.45. The molecule has 2 aliphatic rings. The van der Waals surface area contributed by atoms with E-state index < -0.39 is 54.1 Å². The Kier molecular flexibility index (Phi) is 11.2. The molecule has 266 valence electrons.